The summed E-state index contributed by atoms with van der Waals surface area (Å²) < 4.78 is 31.3. The van der Waals surface area contributed by atoms with Crippen molar-refractivity contribution < 1.29 is 27.9 Å². The number of thiophene rings is 1. The van der Waals surface area contributed by atoms with Crippen molar-refractivity contribution >= 4 is 33.3 Å². The van der Waals surface area contributed by atoms with Gasteiger partial charge in [0.05, 0.1) is 12.0 Å². The van der Waals surface area contributed by atoms with Gasteiger partial charge in [0.1, 0.15) is 10.9 Å². The molecule has 7 nitrogen and oxygen atoms in total. The number of aromatic carboxylic acids is 1. The highest BCUT2D eigenvalue weighted by molar-refractivity contribution is 7.89. The lowest BCUT2D eigenvalue weighted by atomic mass is 10.0. The lowest BCUT2D eigenvalue weighted by Crippen LogP contribution is -2.45. The summed E-state index contributed by atoms with van der Waals surface area (Å²) >= 11 is 0.805. The second-order valence-electron chi connectivity index (χ2n) is 4.46. The Morgan fingerprint density at radius 2 is 2.10 bits per heavy atom. The first-order valence-corrected chi connectivity index (χ1v) is 8.51. The van der Waals surface area contributed by atoms with Crippen LogP contribution in [0.3, 0.4) is 0 Å². The van der Waals surface area contributed by atoms with Crippen molar-refractivity contribution in [1.29, 1.82) is 0 Å². The van der Waals surface area contributed by atoms with Crippen LogP contribution in [0.1, 0.15) is 29.9 Å². The summed E-state index contributed by atoms with van der Waals surface area (Å²) in [6.45, 7) is 3.54. The number of ether oxygens (including phenoxy) is 1. The number of esters is 1. The molecule has 1 aromatic rings. The van der Waals surface area contributed by atoms with Crippen molar-refractivity contribution in [3.05, 3.63) is 16.3 Å². The smallest absolute Gasteiger partial charge is 0.345 e. The molecule has 0 aromatic carbocycles. The highest BCUT2D eigenvalue weighted by Crippen LogP contribution is 2.21. The first-order chi connectivity index (χ1) is 9.72. The van der Waals surface area contributed by atoms with E-state index in [0.29, 0.717) is 6.42 Å². The molecule has 0 fully saturated rings. The van der Waals surface area contributed by atoms with Crippen molar-refractivity contribution in [1.82, 2.24) is 4.72 Å². The van der Waals surface area contributed by atoms with E-state index in [-0.39, 0.29) is 15.7 Å². The van der Waals surface area contributed by atoms with E-state index in [0.717, 1.165) is 17.4 Å². The summed E-state index contributed by atoms with van der Waals surface area (Å²) in [6, 6.07) is 0.0403. The summed E-state index contributed by atoms with van der Waals surface area (Å²) in [7, 11) is -2.81. The number of nitrogens with one attached hydrogen (secondary N) is 1. The van der Waals surface area contributed by atoms with Crippen LogP contribution in [0.25, 0.3) is 0 Å². The van der Waals surface area contributed by atoms with Gasteiger partial charge in [-0.3, -0.25) is 4.79 Å². The molecular weight excluding hydrogens is 318 g/mol. The van der Waals surface area contributed by atoms with Gasteiger partial charge in [0.2, 0.25) is 10.0 Å². The van der Waals surface area contributed by atoms with Gasteiger partial charge in [-0.1, -0.05) is 20.3 Å². The van der Waals surface area contributed by atoms with E-state index in [1.54, 1.807) is 6.92 Å². The second-order valence-corrected chi connectivity index (χ2v) is 7.08. The molecule has 1 aromatic heterocycles. The molecule has 9 heteroatoms. The van der Waals surface area contributed by atoms with Gasteiger partial charge in [-0.25, -0.2) is 13.2 Å². The zero-order valence-corrected chi connectivity index (χ0v) is 13.5. The van der Waals surface area contributed by atoms with Crippen molar-refractivity contribution in [3.63, 3.8) is 0 Å². The number of methoxy groups -OCH3 is 1. The van der Waals surface area contributed by atoms with Crippen LogP contribution in [0.2, 0.25) is 0 Å². The van der Waals surface area contributed by atoms with Crippen molar-refractivity contribution in [2.75, 3.05) is 7.11 Å². The predicted molar refractivity (Wildman–Crippen MR) is 76.9 cm³/mol. The van der Waals surface area contributed by atoms with Gasteiger partial charge in [-0.05, 0) is 12.0 Å². The largest absolute Gasteiger partial charge is 0.477 e. The molecule has 1 heterocycles. The predicted octanol–water partition coefficient (Wildman–Crippen LogP) is 1.31. The summed E-state index contributed by atoms with van der Waals surface area (Å²) in [5.41, 5.74) is 0. The quantitative estimate of drug-likeness (QED) is 0.727. The van der Waals surface area contributed by atoms with Crippen molar-refractivity contribution in [2.45, 2.75) is 31.2 Å². The van der Waals surface area contributed by atoms with Crippen LogP contribution in [0.5, 0.6) is 0 Å². The number of carbonyl (C=O) groups excluding carboxylic acids is 1. The van der Waals surface area contributed by atoms with Crippen molar-refractivity contribution in [3.8, 4) is 0 Å². The maximum atomic E-state index is 12.2. The fourth-order valence-electron chi connectivity index (χ4n) is 1.57. The summed E-state index contributed by atoms with van der Waals surface area (Å²) in [6.07, 6.45) is 0.576. The van der Waals surface area contributed by atoms with Crippen LogP contribution in [-0.2, 0) is 19.6 Å². The highest BCUT2D eigenvalue weighted by atomic mass is 32.2. The van der Waals surface area contributed by atoms with Crippen LogP contribution in [0.4, 0.5) is 0 Å². The Hall–Kier alpha value is -1.45. The van der Waals surface area contributed by atoms with E-state index in [2.05, 4.69) is 9.46 Å². The van der Waals surface area contributed by atoms with E-state index in [1.807, 2.05) is 6.92 Å². The molecule has 0 spiro atoms. The first-order valence-electron chi connectivity index (χ1n) is 6.15. The van der Waals surface area contributed by atoms with Gasteiger partial charge in [0, 0.05) is 5.38 Å². The van der Waals surface area contributed by atoms with Gasteiger partial charge in [0.15, 0.2) is 0 Å². The normalized spacial score (nSPS) is 14.4. The van der Waals surface area contributed by atoms with Gasteiger partial charge >= 0.3 is 11.9 Å². The SMILES string of the molecule is CCC(C)C(NS(=O)(=O)c1csc(C(=O)O)c1)C(=O)OC. The Balaban J connectivity index is 3.05. The van der Waals surface area contributed by atoms with E-state index >= 15 is 0 Å². The molecule has 21 heavy (non-hydrogen) atoms. The number of hydrogen-bond donors (Lipinski definition) is 2. The van der Waals surface area contributed by atoms with Gasteiger partial charge < -0.3 is 9.84 Å². The van der Waals surface area contributed by atoms with E-state index in [4.69, 9.17) is 5.11 Å². The van der Waals surface area contributed by atoms with Crippen LogP contribution < -0.4 is 4.72 Å². The molecule has 2 N–H and O–H groups in total. The van der Waals surface area contributed by atoms with Crippen LogP contribution >= 0.6 is 11.3 Å². The molecule has 0 saturated heterocycles. The zero-order chi connectivity index (χ0) is 16.2. The molecule has 0 aliphatic rings. The summed E-state index contributed by atoms with van der Waals surface area (Å²) in [5, 5.41) is 10.0. The topological polar surface area (TPSA) is 110 Å². The fraction of sp³-hybridized carbons (Fsp3) is 0.500. The third-order valence-electron chi connectivity index (χ3n) is 3.05. The standard InChI is InChI=1S/C12H17NO6S2/c1-4-7(2)10(12(16)19-3)13-21(17,18)8-5-9(11(14)15)20-6-8/h5-7,10,13H,4H2,1-3H3,(H,14,15). The van der Waals surface area contributed by atoms with Crippen LogP contribution in [0.15, 0.2) is 16.3 Å². The number of sulfonamides is 1. The number of carboxylic acid groups (broad SMARTS) is 1. The average molecular weight is 335 g/mol. The molecule has 0 saturated carbocycles. The van der Waals surface area contributed by atoms with Crippen molar-refractivity contribution in [2.24, 2.45) is 5.92 Å². The molecular formula is C12H17NO6S2. The molecule has 2 atom stereocenters. The Labute approximate surface area is 127 Å². The number of carbonyl (C=O) groups is 2. The fourth-order valence-corrected chi connectivity index (χ4v) is 3.97. The summed E-state index contributed by atoms with van der Waals surface area (Å²) in [5.74, 6) is -2.14. The minimum atomic E-state index is -3.99. The molecule has 0 aliphatic carbocycles. The van der Waals surface area contributed by atoms with E-state index in [9.17, 15) is 18.0 Å². The summed E-state index contributed by atoms with van der Waals surface area (Å²) in [4.78, 5) is 22.2. The first kappa shape index (κ1) is 17.6. The third kappa shape index (κ3) is 4.26. The lowest BCUT2D eigenvalue weighted by molar-refractivity contribution is -0.143. The zero-order valence-electron chi connectivity index (χ0n) is 11.8. The number of carboxylic acids is 1. The monoisotopic (exact) mass is 335 g/mol. The lowest BCUT2D eigenvalue weighted by Gasteiger charge is -2.21. The van der Waals surface area contributed by atoms with Gasteiger partial charge in [-0.15, -0.1) is 11.3 Å². The van der Waals surface area contributed by atoms with Crippen LogP contribution in [-0.4, -0.2) is 38.6 Å². The molecule has 0 bridgehead atoms. The molecule has 1 rings (SSSR count). The Morgan fingerprint density at radius 3 is 2.52 bits per heavy atom. The minimum absolute atomic E-state index is 0.0893. The molecule has 118 valence electrons. The Morgan fingerprint density at radius 1 is 1.48 bits per heavy atom. The Bertz CT molecular complexity index is 621. The maximum absolute atomic E-state index is 12.2. The molecule has 0 radical (unpaired) electrons. The van der Waals surface area contributed by atoms with Crippen LogP contribution in [0, 0.1) is 5.92 Å². The van der Waals surface area contributed by atoms with E-state index in [1.165, 1.54) is 12.5 Å². The minimum Gasteiger partial charge on any atom is -0.477 e. The highest BCUT2D eigenvalue weighted by Gasteiger charge is 2.31. The average Bonchev–Trinajstić information content (AvgIpc) is 2.94. The molecule has 2 unspecified atom stereocenters. The van der Waals surface area contributed by atoms with E-state index < -0.39 is 28.0 Å². The van der Waals surface area contributed by atoms with Gasteiger partial charge in [-0.2, -0.15) is 4.72 Å². The molecule has 0 aliphatic heterocycles. The number of hydrogen-bond acceptors (Lipinski definition) is 6. The molecule has 0 amide bonds. The maximum Gasteiger partial charge on any atom is 0.345 e. The number of rotatable bonds is 7. The second kappa shape index (κ2) is 7.01. The third-order valence-corrected chi connectivity index (χ3v) is 5.53. The Kier molecular flexibility index (Phi) is 5.87. The van der Waals surface area contributed by atoms with Gasteiger partial charge in [0.25, 0.3) is 0 Å².